The Morgan fingerprint density at radius 1 is 1.23 bits per heavy atom. The molecule has 0 fully saturated rings. The molecule has 0 bridgehead atoms. The maximum absolute atomic E-state index is 12.2. The Balaban J connectivity index is 2.06. The lowest BCUT2D eigenvalue weighted by Gasteiger charge is -2.10. The first-order chi connectivity index (χ1) is 10.5. The second-order valence-electron chi connectivity index (χ2n) is 5.14. The molecule has 0 saturated heterocycles. The van der Waals surface area contributed by atoms with Crippen LogP contribution in [-0.4, -0.2) is 12.5 Å². The quantitative estimate of drug-likeness (QED) is 0.800. The van der Waals surface area contributed by atoms with Gasteiger partial charge in [0.1, 0.15) is 12.4 Å². The van der Waals surface area contributed by atoms with E-state index in [-0.39, 0.29) is 5.91 Å². The van der Waals surface area contributed by atoms with Gasteiger partial charge in [0.15, 0.2) is 0 Å². The maximum atomic E-state index is 12.2. The number of benzene rings is 2. The third-order valence-corrected chi connectivity index (χ3v) is 3.53. The van der Waals surface area contributed by atoms with Crippen LogP contribution in [-0.2, 0) is 0 Å². The number of halogens is 1. The Labute approximate surface area is 135 Å². The summed E-state index contributed by atoms with van der Waals surface area (Å²) in [6.07, 6.45) is 0. The van der Waals surface area contributed by atoms with E-state index >= 15 is 0 Å². The van der Waals surface area contributed by atoms with Gasteiger partial charge in [-0.3, -0.25) is 4.79 Å². The normalized spacial score (nSPS) is 10.1. The summed E-state index contributed by atoms with van der Waals surface area (Å²) in [5, 5.41) is 3.48. The number of hydrogen-bond donors (Lipinski definition) is 1. The monoisotopic (exact) mass is 315 g/mol. The van der Waals surface area contributed by atoms with Crippen molar-refractivity contribution in [3.63, 3.8) is 0 Å². The topological polar surface area (TPSA) is 38.3 Å². The van der Waals surface area contributed by atoms with Crippen molar-refractivity contribution in [2.75, 3.05) is 11.9 Å². The van der Waals surface area contributed by atoms with E-state index in [2.05, 4.69) is 11.9 Å². The number of nitrogens with one attached hydrogen (secondary N) is 1. The number of ether oxygens (including phenoxy) is 1. The molecule has 22 heavy (non-hydrogen) atoms. The predicted molar refractivity (Wildman–Crippen MR) is 90.9 cm³/mol. The first-order valence-electron chi connectivity index (χ1n) is 6.91. The highest BCUT2D eigenvalue weighted by Gasteiger charge is 2.09. The number of carbonyl (C=O) groups is 1. The molecule has 0 aliphatic rings. The van der Waals surface area contributed by atoms with Crippen LogP contribution in [0.25, 0.3) is 0 Å². The van der Waals surface area contributed by atoms with Crippen LogP contribution in [0.15, 0.2) is 54.6 Å². The number of amides is 1. The maximum Gasteiger partial charge on any atom is 0.255 e. The zero-order valence-electron chi connectivity index (χ0n) is 12.7. The van der Waals surface area contributed by atoms with Gasteiger partial charge in [0.05, 0.1) is 0 Å². The highest BCUT2D eigenvalue weighted by Crippen LogP contribution is 2.23. The van der Waals surface area contributed by atoms with Crippen LogP contribution in [0.4, 0.5) is 5.69 Å². The Morgan fingerprint density at radius 3 is 2.55 bits per heavy atom. The molecule has 0 spiro atoms. The van der Waals surface area contributed by atoms with Gasteiger partial charge in [-0.05, 0) is 61.4 Å². The molecule has 1 N–H and O–H groups in total. The van der Waals surface area contributed by atoms with Crippen LogP contribution < -0.4 is 10.1 Å². The van der Waals surface area contributed by atoms with Crippen molar-refractivity contribution in [2.45, 2.75) is 13.8 Å². The van der Waals surface area contributed by atoms with Crippen molar-refractivity contribution >= 4 is 23.2 Å². The summed E-state index contributed by atoms with van der Waals surface area (Å²) in [5.74, 6) is 0.523. The van der Waals surface area contributed by atoms with E-state index in [9.17, 15) is 4.79 Å². The molecule has 114 valence electrons. The molecule has 0 unspecified atom stereocenters. The van der Waals surface area contributed by atoms with Gasteiger partial charge in [-0.25, -0.2) is 0 Å². The molecule has 0 atom stereocenters. The number of carbonyl (C=O) groups excluding carboxylic acids is 1. The average molecular weight is 316 g/mol. The van der Waals surface area contributed by atoms with Crippen LogP contribution in [0.1, 0.15) is 22.8 Å². The fraction of sp³-hybridized carbons (Fsp3) is 0.167. The molecule has 2 aromatic carbocycles. The lowest BCUT2D eigenvalue weighted by molar-refractivity contribution is 0.102. The van der Waals surface area contributed by atoms with Crippen molar-refractivity contribution < 1.29 is 9.53 Å². The Hall–Kier alpha value is -2.26. The second kappa shape index (κ2) is 7.14. The summed E-state index contributed by atoms with van der Waals surface area (Å²) in [4.78, 5) is 12.2. The van der Waals surface area contributed by atoms with Gasteiger partial charge in [0.25, 0.3) is 5.91 Å². The second-order valence-corrected chi connectivity index (χ2v) is 5.54. The summed E-state index contributed by atoms with van der Waals surface area (Å²) >= 11 is 6.05. The lowest BCUT2D eigenvalue weighted by atomic mass is 10.1. The van der Waals surface area contributed by atoms with E-state index < -0.39 is 0 Å². The van der Waals surface area contributed by atoms with Crippen molar-refractivity contribution in [3.05, 3.63) is 70.8 Å². The molecule has 3 nitrogen and oxygen atoms in total. The van der Waals surface area contributed by atoms with Gasteiger partial charge in [-0.1, -0.05) is 24.2 Å². The number of anilines is 1. The Bertz CT molecular complexity index is 693. The van der Waals surface area contributed by atoms with Crippen LogP contribution in [0.3, 0.4) is 0 Å². The van der Waals surface area contributed by atoms with E-state index in [1.165, 1.54) is 0 Å². The smallest absolute Gasteiger partial charge is 0.255 e. The molecule has 0 aliphatic heterocycles. The molecule has 2 rings (SSSR count). The molecule has 2 aromatic rings. The Morgan fingerprint density at radius 2 is 1.91 bits per heavy atom. The number of hydrogen-bond acceptors (Lipinski definition) is 2. The standard InChI is InChI=1S/C18H18ClNO2/c1-12(2)11-22-15-9-7-14(8-10-15)18(21)20-17-6-4-5-16(19)13(17)3/h4-10H,1,11H2,2-3H3,(H,20,21). The molecule has 0 radical (unpaired) electrons. The molecule has 1 amide bonds. The van der Waals surface area contributed by atoms with Gasteiger partial charge in [0.2, 0.25) is 0 Å². The fourth-order valence-electron chi connectivity index (χ4n) is 1.85. The van der Waals surface area contributed by atoms with E-state index in [4.69, 9.17) is 16.3 Å². The molecule has 0 aromatic heterocycles. The van der Waals surface area contributed by atoms with Gasteiger partial charge < -0.3 is 10.1 Å². The minimum absolute atomic E-state index is 0.184. The van der Waals surface area contributed by atoms with Gasteiger partial charge in [-0.15, -0.1) is 0 Å². The van der Waals surface area contributed by atoms with E-state index in [1.54, 1.807) is 36.4 Å². The number of rotatable bonds is 5. The van der Waals surface area contributed by atoms with Crippen LogP contribution in [0.5, 0.6) is 5.75 Å². The SMILES string of the molecule is C=C(C)COc1ccc(C(=O)Nc2cccc(Cl)c2C)cc1. The third kappa shape index (κ3) is 4.12. The van der Waals surface area contributed by atoms with Crippen LogP contribution >= 0.6 is 11.6 Å². The van der Waals surface area contributed by atoms with Gasteiger partial charge in [-0.2, -0.15) is 0 Å². The van der Waals surface area contributed by atoms with Crippen LogP contribution in [0.2, 0.25) is 5.02 Å². The minimum atomic E-state index is -0.184. The molecular weight excluding hydrogens is 298 g/mol. The van der Waals surface area contributed by atoms with Gasteiger partial charge >= 0.3 is 0 Å². The predicted octanol–water partition coefficient (Wildman–Crippen LogP) is 4.86. The van der Waals surface area contributed by atoms with Crippen molar-refractivity contribution in [3.8, 4) is 5.75 Å². The zero-order valence-corrected chi connectivity index (χ0v) is 13.4. The van der Waals surface area contributed by atoms with Crippen molar-refractivity contribution in [1.29, 1.82) is 0 Å². The minimum Gasteiger partial charge on any atom is -0.489 e. The Kier molecular flexibility index (Phi) is 5.23. The summed E-state index contributed by atoms with van der Waals surface area (Å²) in [5.41, 5.74) is 3.05. The third-order valence-electron chi connectivity index (χ3n) is 3.12. The van der Waals surface area contributed by atoms with E-state index in [0.717, 1.165) is 11.1 Å². The first kappa shape index (κ1) is 16.1. The highest BCUT2D eigenvalue weighted by atomic mass is 35.5. The molecule has 0 saturated carbocycles. The zero-order chi connectivity index (χ0) is 16.1. The van der Waals surface area contributed by atoms with Gasteiger partial charge in [0, 0.05) is 16.3 Å². The largest absolute Gasteiger partial charge is 0.489 e. The van der Waals surface area contributed by atoms with Crippen LogP contribution in [0, 0.1) is 6.92 Å². The summed E-state index contributed by atoms with van der Waals surface area (Å²) in [7, 11) is 0. The lowest BCUT2D eigenvalue weighted by Crippen LogP contribution is -2.12. The molecule has 0 heterocycles. The summed E-state index contributed by atoms with van der Waals surface area (Å²) < 4.78 is 5.51. The van der Waals surface area contributed by atoms with E-state index in [0.29, 0.717) is 28.6 Å². The van der Waals surface area contributed by atoms with Crippen molar-refractivity contribution in [1.82, 2.24) is 0 Å². The van der Waals surface area contributed by atoms with Crippen molar-refractivity contribution in [2.24, 2.45) is 0 Å². The molecule has 4 heteroatoms. The molecule has 0 aliphatic carbocycles. The highest BCUT2D eigenvalue weighted by molar-refractivity contribution is 6.31. The van der Waals surface area contributed by atoms with E-state index in [1.807, 2.05) is 19.9 Å². The first-order valence-corrected chi connectivity index (χ1v) is 7.29. The molecular formula is C18H18ClNO2. The summed E-state index contributed by atoms with van der Waals surface area (Å²) in [6, 6.07) is 12.4. The average Bonchev–Trinajstić information content (AvgIpc) is 2.50. The summed E-state index contributed by atoms with van der Waals surface area (Å²) in [6.45, 7) is 8.01. The fourth-order valence-corrected chi connectivity index (χ4v) is 2.02.